The van der Waals surface area contributed by atoms with E-state index in [9.17, 15) is 19.2 Å². The summed E-state index contributed by atoms with van der Waals surface area (Å²) in [5, 5.41) is 0. The number of carbonyl (C=O) groups is 4. The van der Waals surface area contributed by atoms with Gasteiger partial charge in [-0.1, -0.05) is 325 Å². The van der Waals surface area contributed by atoms with Crippen molar-refractivity contribution in [3.05, 3.63) is 0 Å². The van der Waals surface area contributed by atoms with Gasteiger partial charge >= 0.3 is 23.9 Å². The van der Waals surface area contributed by atoms with Crippen LogP contribution in [-0.2, 0) is 38.1 Å². The van der Waals surface area contributed by atoms with E-state index in [0.717, 1.165) is 102 Å². The Hall–Kier alpha value is -1.58. The second kappa shape index (κ2) is 74.2. The van der Waals surface area contributed by atoms with E-state index in [2.05, 4.69) is 61.4 Å². The Morgan fingerprint density at radius 1 is 0.231 bits per heavy atom. The van der Waals surface area contributed by atoms with Gasteiger partial charge < -0.3 is 38.5 Å². The van der Waals surface area contributed by atoms with Crippen LogP contribution in [0, 0.1) is 0 Å². The lowest BCUT2D eigenvalue weighted by Gasteiger charge is -2.25. The zero-order chi connectivity index (χ0) is 66.2. The molecule has 540 valence electrons. The van der Waals surface area contributed by atoms with E-state index in [4.69, 9.17) is 18.9 Å². The molecule has 0 aromatic heterocycles. The normalized spacial score (nSPS) is 11.7. The number of rotatable bonds is 76. The average molecular weight is 1330 g/mol. The van der Waals surface area contributed by atoms with Crippen molar-refractivity contribution >= 4 is 45.5 Å². The molecule has 0 aromatic rings. The summed E-state index contributed by atoms with van der Waals surface area (Å²) in [5.74, 6) is 1.41. The molecule has 0 aliphatic heterocycles. The smallest absolute Gasteiger partial charge is 0.307 e. The zero-order valence-corrected chi connectivity index (χ0v) is 62.9. The van der Waals surface area contributed by atoms with Crippen LogP contribution in [0.4, 0.5) is 0 Å². The molecule has 0 fully saturated rings. The van der Waals surface area contributed by atoms with E-state index in [1.807, 2.05) is 21.6 Å². The summed E-state index contributed by atoms with van der Waals surface area (Å²) < 4.78 is 22.7. The van der Waals surface area contributed by atoms with Crippen molar-refractivity contribution in [1.29, 1.82) is 0 Å². The van der Waals surface area contributed by atoms with Crippen molar-refractivity contribution in [3.8, 4) is 0 Å². The maximum Gasteiger partial charge on any atom is 0.307 e. The van der Waals surface area contributed by atoms with Crippen molar-refractivity contribution < 1.29 is 38.1 Å². The van der Waals surface area contributed by atoms with E-state index < -0.39 is 0 Å². The van der Waals surface area contributed by atoms with Gasteiger partial charge in [0.15, 0.2) is 0 Å². The second-order valence-electron chi connectivity index (χ2n) is 27.0. The molecule has 0 aliphatic carbocycles. The Morgan fingerprint density at radius 2 is 0.407 bits per heavy atom. The van der Waals surface area contributed by atoms with Crippen LogP contribution in [0.15, 0.2) is 0 Å². The number of nitrogens with zero attached hydrogens (tertiary/aromatic N) is 4. The summed E-state index contributed by atoms with van der Waals surface area (Å²) in [5.41, 5.74) is 0. The Kier molecular flexibility index (Phi) is 72.9. The van der Waals surface area contributed by atoms with Crippen molar-refractivity contribution in [3.63, 3.8) is 0 Å². The molecule has 0 aliphatic rings. The van der Waals surface area contributed by atoms with Crippen LogP contribution in [0.5, 0.6) is 0 Å². The highest BCUT2D eigenvalue weighted by Crippen LogP contribution is 2.21. The number of likely N-dealkylation sites (N-methyl/N-ethyl adjacent to an activating group) is 2. The highest BCUT2D eigenvalue weighted by Gasteiger charge is 2.16. The van der Waals surface area contributed by atoms with Gasteiger partial charge in [0.25, 0.3) is 0 Å². The van der Waals surface area contributed by atoms with Gasteiger partial charge in [-0.2, -0.15) is 0 Å². The molecule has 0 N–H and O–H groups in total. The van der Waals surface area contributed by atoms with E-state index in [1.165, 1.54) is 250 Å². The topological polar surface area (TPSA) is 118 Å². The van der Waals surface area contributed by atoms with Gasteiger partial charge in [-0.05, 0) is 39.8 Å². The Morgan fingerprint density at radius 3 is 0.593 bits per heavy atom. The molecule has 14 heteroatoms. The van der Waals surface area contributed by atoms with Crippen LogP contribution in [0.3, 0.4) is 0 Å². The van der Waals surface area contributed by atoms with Crippen molar-refractivity contribution in [2.75, 3.05) is 117 Å². The van der Waals surface area contributed by atoms with Gasteiger partial charge in [0, 0.05) is 77.0 Å². The molecule has 91 heavy (non-hydrogen) atoms. The van der Waals surface area contributed by atoms with Gasteiger partial charge in [-0.25, -0.2) is 0 Å². The molecular formula is C77H152N4O8S2. The van der Waals surface area contributed by atoms with Crippen LogP contribution in [0.2, 0.25) is 0 Å². The molecule has 0 unspecified atom stereocenters. The largest absolute Gasteiger partial charge is 0.466 e. The fraction of sp³-hybridized carbons (Fsp3) is 0.948. The molecule has 0 radical (unpaired) electrons. The highest BCUT2D eigenvalue weighted by atomic mass is 33.1. The molecule has 0 saturated heterocycles. The summed E-state index contributed by atoms with van der Waals surface area (Å²) in [6.07, 6.45) is 61.3. The number of unbranched alkanes of at least 4 members (excludes halogenated alkanes) is 43. The van der Waals surface area contributed by atoms with Gasteiger partial charge in [0.1, 0.15) is 0 Å². The van der Waals surface area contributed by atoms with Crippen LogP contribution >= 0.6 is 21.6 Å². The summed E-state index contributed by atoms with van der Waals surface area (Å²) >= 11 is 0. The highest BCUT2D eigenvalue weighted by molar-refractivity contribution is 8.76. The maximum absolute atomic E-state index is 12.9. The summed E-state index contributed by atoms with van der Waals surface area (Å²) in [4.78, 5) is 60.8. The van der Waals surface area contributed by atoms with E-state index in [0.29, 0.717) is 78.3 Å². The summed E-state index contributed by atoms with van der Waals surface area (Å²) in [7, 11) is 8.13. The lowest BCUT2D eigenvalue weighted by Crippen LogP contribution is -2.37. The van der Waals surface area contributed by atoms with Crippen LogP contribution < -0.4 is 0 Å². The molecule has 0 saturated carbocycles. The van der Waals surface area contributed by atoms with Gasteiger partial charge in [0.2, 0.25) is 0 Å². The Labute approximate surface area is 572 Å². The minimum atomic E-state index is -0.147. The number of ether oxygens (including phenoxy) is 4. The average Bonchev–Trinajstić information content (AvgIpc) is 3.77. The first-order valence-electron chi connectivity index (χ1n) is 39.3. The van der Waals surface area contributed by atoms with E-state index >= 15 is 0 Å². The predicted octanol–water partition coefficient (Wildman–Crippen LogP) is 21.0. The van der Waals surface area contributed by atoms with Crippen LogP contribution in [0.25, 0.3) is 0 Å². The van der Waals surface area contributed by atoms with E-state index in [-0.39, 0.29) is 23.9 Å². The number of hydrogen-bond acceptors (Lipinski definition) is 14. The molecule has 0 aromatic carbocycles. The third kappa shape index (κ3) is 71.0. The molecule has 0 atom stereocenters. The molecule has 0 bridgehead atoms. The molecule has 0 heterocycles. The fourth-order valence-corrected chi connectivity index (χ4v) is 13.8. The second-order valence-corrected chi connectivity index (χ2v) is 29.7. The van der Waals surface area contributed by atoms with Gasteiger partial charge in [-0.15, -0.1) is 0 Å². The fourth-order valence-electron chi connectivity index (χ4n) is 11.6. The quantitative estimate of drug-likeness (QED) is 0.0249. The molecule has 0 rings (SSSR count). The first-order valence-corrected chi connectivity index (χ1v) is 41.8. The minimum absolute atomic E-state index is 0.147. The molecule has 12 nitrogen and oxygen atoms in total. The third-order valence-corrected chi connectivity index (χ3v) is 20.5. The maximum atomic E-state index is 12.9. The van der Waals surface area contributed by atoms with Crippen LogP contribution in [0.1, 0.15) is 355 Å². The van der Waals surface area contributed by atoms with Gasteiger partial charge in [-0.3, -0.25) is 19.2 Å². The standard InChI is InChI=1S/C77H152N4O8S2/c1-7-11-15-19-23-27-31-35-39-43-47-51-69-87-75(83)55-59-80(58-54-74(82)86-68-50-46-42-38-34-30-26-22-18-14-10-4)64-62-78(5)66-72-90-91-73-67-79(6)63-65-81(60-56-76(84)88-70-52-48-44-40-36-32-28-24-20-16-12-8-2)61-57-77(85)89-71-53-49-45-41-37-33-29-25-21-17-13-9-3/h7-73H2,1-6H3. The first-order chi connectivity index (χ1) is 44.6. The Bertz CT molecular complexity index is 1490. The lowest BCUT2D eigenvalue weighted by molar-refractivity contribution is -0.146. The Balaban J connectivity index is 4.91. The van der Waals surface area contributed by atoms with Crippen molar-refractivity contribution in [2.24, 2.45) is 0 Å². The monoisotopic (exact) mass is 1330 g/mol. The molecular weight excluding hydrogens is 1170 g/mol. The molecule has 0 spiro atoms. The molecule has 0 amide bonds. The van der Waals surface area contributed by atoms with Crippen LogP contribution in [-0.4, -0.2) is 161 Å². The van der Waals surface area contributed by atoms with Crippen molar-refractivity contribution in [2.45, 2.75) is 355 Å². The minimum Gasteiger partial charge on any atom is -0.466 e. The van der Waals surface area contributed by atoms with E-state index in [1.54, 1.807) is 0 Å². The predicted molar refractivity (Wildman–Crippen MR) is 395 cm³/mol. The first kappa shape index (κ1) is 89.4. The lowest BCUT2D eigenvalue weighted by atomic mass is 10.1. The SMILES string of the molecule is CCCCCCCCCCCCCCOC(=O)CCN(CCC(=O)OCCCCCCCCCCCCC)CCN(C)CCSSCCN(C)CCN(CCC(=O)OCCCCCCCCCCCCCC)CCC(=O)OCCCCCCCCCCCCCC. The zero-order valence-electron chi connectivity index (χ0n) is 61.2. The number of esters is 4. The number of hydrogen-bond donors (Lipinski definition) is 0. The van der Waals surface area contributed by atoms with Gasteiger partial charge in [0.05, 0.1) is 52.1 Å². The van der Waals surface area contributed by atoms with Crippen molar-refractivity contribution in [1.82, 2.24) is 19.6 Å². The summed E-state index contributed by atoms with van der Waals surface area (Å²) in [6, 6.07) is 0. The number of carbonyl (C=O) groups excluding carboxylic acids is 4. The third-order valence-electron chi connectivity index (χ3n) is 18.1. The summed E-state index contributed by atoms with van der Waals surface area (Å²) in [6.45, 7) is 18.5.